The van der Waals surface area contributed by atoms with Gasteiger partial charge in [-0.1, -0.05) is 18.2 Å². The van der Waals surface area contributed by atoms with Crippen molar-refractivity contribution < 1.29 is 9.84 Å². The quantitative estimate of drug-likeness (QED) is 0.882. The summed E-state index contributed by atoms with van der Waals surface area (Å²) < 4.78 is 5.94. The van der Waals surface area contributed by atoms with Crippen LogP contribution < -0.4 is 4.74 Å². The van der Waals surface area contributed by atoms with Crippen LogP contribution in [-0.4, -0.2) is 22.3 Å². The molecule has 1 aromatic heterocycles. The van der Waals surface area contributed by atoms with Crippen LogP contribution in [0, 0.1) is 6.92 Å². The molecule has 3 nitrogen and oxygen atoms in total. The highest BCUT2D eigenvalue weighted by atomic mass is 16.5. The normalized spacial score (nSPS) is 23.4. The first-order chi connectivity index (χ1) is 8.74. The van der Waals surface area contributed by atoms with E-state index in [9.17, 15) is 5.11 Å². The number of nitrogens with zero attached hydrogens (tertiary/aromatic N) is 1. The number of pyridine rings is 1. The standard InChI is InChI=1S/C15H17NO2/c1-10-8-9-11-4-2-7-14(15(11)16-10)18-13-6-3-5-12(13)17/h2,4,7-9,12-13,17H,3,5-6H2,1H3. The maximum Gasteiger partial charge on any atom is 0.146 e. The number of benzene rings is 1. The summed E-state index contributed by atoms with van der Waals surface area (Å²) in [4.78, 5) is 4.54. The van der Waals surface area contributed by atoms with Gasteiger partial charge in [-0.2, -0.15) is 0 Å². The number of aliphatic hydroxyl groups excluding tert-OH is 1. The van der Waals surface area contributed by atoms with Gasteiger partial charge in [0, 0.05) is 11.1 Å². The summed E-state index contributed by atoms with van der Waals surface area (Å²) in [6.07, 6.45) is 2.36. The second-order valence-corrected chi connectivity index (χ2v) is 4.94. The van der Waals surface area contributed by atoms with Gasteiger partial charge < -0.3 is 9.84 Å². The summed E-state index contributed by atoms with van der Waals surface area (Å²) in [6, 6.07) is 9.97. The van der Waals surface area contributed by atoms with Gasteiger partial charge in [0.2, 0.25) is 0 Å². The van der Waals surface area contributed by atoms with Crippen molar-refractivity contribution in [1.29, 1.82) is 0 Å². The Hall–Kier alpha value is -1.61. The van der Waals surface area contributed by atoms with Crippen molar-refractivity contribution >= 4 is 10.9 Å². The number of fused-ring (bicyclic) bond motifs is 1. The summed E-state index contributed by atoms with van der Waals surface area (Å²) in [5, 5.41) is 10.9. The van der Waals surface area contributed by atoms with Gasteiger partial charge in [0.15, 0.2) is 0 Å². The van der Waals surface area contributed by atoms with E-state index >= 15 is 0 Å². The predicted molar refractivity (Wildman–Crippen MR) is 70.8 cm³/mol. The van der Waals surface area contributed by atoms with Crippen molar-refractivity contribution in [2.24, 2.45) is 0 Å². The zero-order chi connectivity index (χ0) is 12.5. The second kappa shape index (κ2) is 4.58. The minimum absolute atomic E-state index is 0.0853. The number of ether oxygens (including phenoxy) is 1. The lowest BCUT2D eigenvalue weighted by Gasteiger charge is -2.18. The van der Waals surface area contributed by atoms with Gasteiger partial charge in [-0.05, 0) is 38.3 Å². The molecule has 1 saturated carbocycles. The van der Waals surface area contributed by atoms with E-state index < -0.39 is 0 Å². The average Bonchev–Trinajstić information content (AvgIpc) is 2.76. The number of para-hydroxylation sites is 1. The van der Waals surface area contributed by atoms with Crippen molar-refractivity contribution in [2.75, 3.05) is 0 Å². The van der Waals surface area contributed by atoms with Crippen molar-refractivity contribution in [3.63, 3.8) is 0 Å². The molecule has 0 spiro atoms. The highest BCUT2D eigenvalue weighted by Gasteiger charge is 2.27. The van der Waals surface area contributed by atoms with E-state index in [0.717, 1.165) is 41.6 Å². The Morgan fingerprint density at radius 2 is 2.11 bits per heavy atom. The number of aliphatic hydroxyl groups is 1. The Morgan fingerprint density at radius 1 is 1.22 bits per heavy atom. The van der Waals surface area contributed by atoms with Crippen LogP contribution in [0.4, 0.5) is 0 Å². The second-order valence-electron chi connectivity index (χ2n) is 4.94. The van der Waals surface area contributed by atoms with Gasteiger partial charge in [-0.3, -0.25) is 0 Å². The monoisotopic (exact) mass is 243 g/mol. The van der Waals surface area contributed by atoms with Gasteiger partial charge >= 0.3 is 0 Å². The summed E-state index contributed by atoms with van der Waals surface area (Å²) >= 11 is 0. The molecule has 18 heavy (non-hydrogen) atoms. The van der Waals surface area contributed by atoms with E-state index in [0.29, 0.717) is 0 Å². The fraction of sp³-hybridized carbons (Fsp3) is 0.400. The van der Waals surface area contributed by atoms with Crippen LogP contribution in [0.15, 0.2) is 30.3 Å². The van der Waals surface area contributed by atoms with E-state index in [1.54, 1.807) is 0 Å². The molecule has 0 amide bonds. The van der Waals surface area contributed by atoms with Crippen molar-refractivity contribution in [3.05, 3.63) is 36.0 Å². The lowest BCUT2D eigenvalue weighted by atomic mass is 10.2. The largest absolute Gasteiger partial charge is 0.485 e. The summed E-state index contributed by atoms with van der Waals surface area (Å²) in [5.74, 6) is 0.780. The summed E-state index contributed by atoms with van der Waals surface area (Å²) in [7, 11) is 0. The average molecular weight is 243 g/mol. The lowest BCUT2D eigenvalue weighted by molar-refractivity contribution is 0.0613. The molecule has 0 bridgehead atoms. The van der Waals surface area contributed by atoms with Crippen molar-refractivity contribution in [2.45, 2.75) is 38.4 Å². The summed E-state index contributed by atoms with van der Waals surface area (Å²) in [6.45, 7) is 1.97. The van der Waals surface area contributed by atoms with Gasteiger partial charge in [-0.25, -0.2) is 4.98 Å². The molecule has 2 atom stereocenters. The Morgan fingerprint density at radius 3 is 2.89 bits per heavy atom. The molecular formula is C15H17NO2. The molecule has 2 aromatic rings. The maximum atomic E-state index is 9.83. The third-order valence-electron chi connectivity index (χ3n) is 3.52. The molecule has 94 valence electrons. The molecular weight excluding hydrogens is 226 g/mol. The van der Waals surface area contributed by atoms with Gasteiger partial charge in [-0.15, -0.1) is 0 Å². The maximum absolute atomic E-state index is 9.83. The first-order valence-electron chi connectivity index (χ1n) is 6.45. The smallest absolute Gasteiger partial charge is 0.146 e. The fourth-order valence-electron chi connectivity index (χ4n) is 2.52. The van der Waals surface area contributed by atoms with E-state index in [1.807, 2.05) is 31.2 Å². The molecule has 2 unspecified atom stereocenters. The molecule has 0 radical (unpaired) electrons. The highest BCUT2D eigenvalue weighted by Crippen LogP contribution is 2.29. The van der Waals surface area contributed by atoms with E-state index in [1.165, 1.54) is 0 Å². The topological polar surface area (TPSA) is 42.4 Å². The molecule has 3 rings (SSSR count). The van der Waals surface area contributed by atoms with Crippen LogP contribution in [0.5, 0.6) is 5.75 Å². The molecule has 1 aliphatic carbocycles. The number of hydrogen-bond acceptors (Lipinski definition) is 3. The zero-order valence-corrected chi connectivity index (χ0v) is 10.5. The van der Waals surface area contributed by atoms with E-state index in [4.69, 9.17) is 4.74 Å². The van der Waals surface area contributed by atoms with Gasteiger partial charge in [0.25, 0.3) is 0 Å². The molecule has 0 saturated heterocycles. The molecule has 1 fully saturated rings. The lowest BCUT2D eigenvalue weighted by Crippen LogP contribution is -2.25. The molecule has 1 heterocycles. The van der Waals surface area contributed by atoms with Crippen LogP contribution in [0.3, 0.4) is 0 Å². The van der Waals surface area contributed by atoms with Crippen LogP contribution in [0.25, 0.3) is 10.9 Å². The van der Waals surface area contributed by atoms with Gasteiger partial charge in [0.05, 0.1) is 6.10 Å². The number of aromatic nitrogens is 1. The van der Waals surface area contributed by atoms with Crippen LogP contribution in [0.2, 0.25) is 0 Å². The van der Waals surface area contributed by atoms with Crippen molar-refractivity contribution in [1.82, 2.24) is 4.98 Å². The van der Waals surface area contributed by atoms with Crippen molar-refractivity contribution in [3.8, 4) is 5.75 Å². The summed E-state index contributed by atoms with van der Waals surface area (Å²) in [5.41, 5.74) is 1.86. The van der Waals surface area contributed by atoms with Gasteiger partial charge in [0.1, 0.15) is 17.4 Å². The number of rotatable bonds is 2. The third-order valence-corrected chi connectivity index (χ3v) is 3.52. The first kappa shape index (κ1) is 11.5. The Bertz CT molecular complexity index is 567. The highest BCUT2D eigenvalue weighted by molar-refractivity contribution is 5.84. The Labute approximate surface area is 106 Å². The minimum Gasteiger partial charge on any atom is -0.485 e. The molecule has 1 aliphatic rings. The Kier molecular flexibility index (Phi) is 2.92. The number of hydrogen-bond donors (Lipinski definition) is 1. The minimum atomic E-state index is -0.343. The molecule has 0 aliphatic heterocycles. The molecule has 1 N–H and O–H groups in total. The Balaban J connectivity index is 1.98. The number of aryl methyl sites for hydroxylation is 1. The fourth-order valence-corrected chi connectivity index (χ4v) is 2.52. The molecule has 1 aromatic carbocycles. The van der Waals surface area contributed by atoms with Crippen LogP contribution >= 0.6 is 0 Å². The third kappa shape index (κ3) is 2.06. The van der Waals surface area contributed by atoms with Crippen LogP contribution in [0.1, 0.15) is 25.0 Å². The van der Waals surface area contributed by atoms with Crippen LogP contribution in [-0.2, 0) is 0 Å². The zero-order valence-electron chi connectivity index (χ0n) is 10.5. The molecule has 3 heteroatoms. The predicted octanol–water partition coefficient (Wildman–Crippen LogP) is 2.84. The SMILES string of the molecule is Cc1ccc2cccc(OC3CCCC3O)c2n1. The van der Waals surface area contributed by atoms with E-state index in [-0.39, 0.29) is 12.2 Å². The van der Waals surface area contributed by atoms with E-state index in [2.05, 4.69) is 11.1 Å². The first-order valence-corrected chi connectivity index (χ1v) is 6.45.